The van der Waals surface area contributed by atoms with Crippen LogP contribution in [-0.4, -0.2) is 4.92 Å². The minimum atomic E-state index is -0.550. The quantitative estimate of drug-likeness (QED) is 0.331. The average Bonchev–Trinajstić information content (AvgIpc) is 2.47. The molecule has 0 atom stereocenters. The van der Waals surface area contributed by atoms with E-state index in [2.05, 4.69) is 22.0 Å². The van der Waals surface area contributed by atoms with Crippen LogP contribution in [0.4, 0.5) is 5.69 Å². The van der Waals surface area contributed by atoms with E-state index in [9.17, 15) is 15.4 Å². The lowest BCUT2D eigenvalue weighted by Crippen LogP contribution is -1.90. The minimum Gasteiger partial charge on any atom is -0.258 e. The van der Waals surface area contributed by atoms with Crippen LogP contribution < -0.4 is 0 Å². The van der Waals surface area contributed by atoms with Gasteiger partial charge in [0.1, 0.15) is 5.02 Å². The molecule has 0 radical (unpaired) electrons. The van der Waals surface area contributed by atoms with E-state index in [4.69, 9.17) is 11.6 Å². The normalized spacial score (nSPS) is 11.0. The van der Waals surface area contributed by atoms with Crippen molar-refractivity contribution in [1.82, 2.24) is 0 Å². The van der Waals surface area contributed by atoms with Gasteiger partial charge in [0.05, 0.1) is 16.6 Å². The molecule has 0 aliphatic rings. The Kier molecular flexibility index (Phi) is 4.73. The zero-order chi connectivity index (χ0) is 15.4. The summed E-state index contributed by atoms with van der Waals surface area (Å²) in [6.45, 7) is 0. The lowest BCUT2D eigenvalue weighted by molar-refractivity contribution is -0.384. The van der Waals surface area contributed by atoms with Crippen LogP contribution >= 0.6 is 27.5 Å². The van der Waals surface area contributed by atoms with Gasteiger partial charge in [-0.3, -0.25) is 10.1 Å². The van der Waals surface area contributed by atoms with E-state index >= 15 is 0 Å². The van der Waals surface area contributed by atoms with E-state index in [0.29, 0.717) is 11.1 Å². The SMILES string of the molecule is N#C/C(=C/c1ccc(Cl)c([N+](=O)[O-])c1)c1ccc(Br)cc1. The highest BCUT2D eigenvalue weighted by molar-refractivity contribution is 9.10. The van der Waals surface area contributed by atoms with Gasteiger partial charge in [-0.15, -0.1) is 0 Å². The molecule has 0 heterocycles. The Bertz CT molecular complexity index is 764. The minimum absolute atomic E-state index is 0.0688. The molecule has 0 fully saturated rings. The van der Waals surface area contributed by atoms with Crippen LogP contribution in [-0.2, 0) is 0 Å². The van der Waals surface area contributed by atoms with Crippen LogP contribution in [0.2, 0.25) is 5.02 Å². The second-order valence-electron chi connectivity index (χ2n) is 4.14. The first-order valence-corrected chi connectivity index (χ1v) is 7.00. The van der Waals surface area contributed by atoms with Crippen molar-refractivity contribution in [3.8, 4) is 6.07 Å². The highest BCUT2D eigenvalue weighted by Crippen LogP contribution is 2.27. The Morgan fingerprint density at radius 1 is 1.29 bits per heavy atom. The van der Waals surface area contributed by atoms with Gasteiger partial charge in [0.25, 0.3) is 5.69 Å². The number of halogens is 2. The Morgan fingerprint density at radius 2 is 1.95 bits per heavy atom. The van der Waals surface area contributed by atoms with Gasteiger partial charge in [0, 0.05) is 10.5 Å². The summed E-state index contributed by atoms with van der Waals surface area (Å²) in [6.07, 6.45) is 1.59. The molecule has 0 aromatic heterocycles. The molecule has 2 aromatic rings. The maximum atomic E-state index is 10.9. The third-order valence-electron chi connectivity index (χ3n) is 2.75. The molecule has 2 rings (SSSR count). The fourth-order valence-electron chi connectivity index (χ4n) is 1.74. The summed E-state index contributed by atoms with van der Waals surface area (Å²) < 4.78 is 0.908. The second kappa shape index (κ2) is 6.53. The molecule has 0 bridgehead atoms. The Morgan fingerprint density at radius 3 is 2.52 bits per heavy atom. The van der Waals surface area contributed by atoms with Crippen molar-refractivity contribution in [2.45, 2.75) is 0 Å². The molecule has 104 valence electrons. The van der Waals surface area contributed by atoms with Crippen molar-refractivity contribution in [3.63, 3.8) is 0 Å². The molecule has 0 saturated carbocycles. The van der Waals surface area contributed by atoms with E-state index in [1.165, 1.54) is 12.1 Å². The highest BCUT2D eigenvalue weighted by Gasteiger charge is 2.12. The Labute approximate surface area is 134 Å². The van der Waals surface area contributed by atoms with Crippen molar-refractivity contribution in [2.75, 3.05) is 0 Å². The van der Waals surface area contributed by atoms with E-state index in [1.54, 1.807) is 24.3 Å². The van der Waals surface area contributed by atoms with Crippen molar-refractivity contribution < 1.29 is 4.92 Å². The number of nitriles is 1. The van der Waals surface area contributed by atoms with E-state index in [-0.39, 0.29) is 10.7 Å². The number of nitrogens with zero attached hydrogens (tertiary/aromatic N) is 2. The van der Waals surface area contributed by atoms with Gasteiger partial charge >= 0.3 is 0 Å². The number of nitro benzene ring substituents is 1. The molecule has 4 nitrogen and oxygen atoms in total. The zero-order valence-electron chi connectivity index (χ0n) is 10.6. The van der Waals surface area contributed by atoms with E-state index in [1.807, 2.05) is 12.1 Å². The summed E-state index contributed by atoms with van der Waals surface area (Å²) in [4.78, 5) is 10.3. The lowest BCUT2D eigenvalue weighted by atomic mass is 10.0. The summed E-state index contributed by atoms with van der Waals surface area (Å²) in [6, 6.07) is 13.8. The number of hydrogen-bond donors (Lipinski definition) is 0. The van der Waals surface area contributed by atoms with Gasteiger partial charge in [-0.05, 0) is 35.4 Å². The predicted octanol–water partition coefficient (Wildman–Crippen LogP) is 5.07. The largest absolute Gasteiger partial charge is 0.288 e. The summed E-state index contributed by atoms with van der Waals surface area (Å²) in [5, 5.41) is 20.2. The number of nitro groups is 1. The summed E-state index contributed by atoms with van der Waals surface area (Å²) >= 11 is 9.09. The van der Waals surface area contributed by atoms with Crippen LogP contribution in [0.1, 0.15) is 11.1 Å². The average molecular weight is 364 g/mol. The molecule has 0 amide bonds. The fraction of sp³-hybridized carbons (Fsp3) is 0. The first kappa shape index (κ1) is 15.2. The topological polar surface area (TPSA) is 66.9 Å². The van der Waals surface area contributed by atoms with Gasteiger partial charge in [-0.1, -0.05) is 45.7 Å². The standard InChI is InChI=1S/C15H8BrClN2O2/c16-13-4-2-11(3-5-13)12(9-18)7-10-1-6-14(17)15(8-10)19(20)21/h1-8H/b12-7-. The van der Waals surface area contributed by atoms with Crippen molar-refractivity contribution >= 4 is 44.9 Å². The van der Waals surface area contributed by atoms with Crippen LogP contribution in [0.25, 0.3) is 11.6 Å². The van der Waals surface area contributed by atoms with Crippen LogP contribution in [0, 0.1) is 21.4 Å². The molecule has 21 heavy (non-hydrogen) atoms. The van der Waals surface area contributed by atoms with Crippen molar-refractivity contribution in [1.29, 1.82) is 5.26 Å². The van der Waals surface area contributed by atoms with Gasteiger partial charge < -0.3 is 0 Å². The monoisotopic (exact) mass is 362 g/mol. The van der Waals surface area contributed by atoms with Gasteiger partial charge in [0.2, 0.25) is 0 Å². The Hall–Kier alpha value is -2.16. The van der Waals surface area contributed by atoms with Gasteiger partial charge in [0.15, 0.2) is 0 Å². The lowest BCUT2D eigenvalue weighted by Gasteiger charge is -2.01. The fourth-order valence-corrected chi connectivity index (χ4v) is 2.19. The van der Waals surface area contributed by atoms with Crippen LogP contribution in [0.3, 0.4) is 0 Å². The molecule has 6 heteroatoms. The van der Waals surface area contributed by atoms with E-state index < -0.39 is 4.92 Å². The highest BCUT2D eigenvalue weighted by atomic mass is 79.9. The molecule has 2 aromatic carbocycles. The third-order valence-corrected chi connectivity index (χ3v) is 3.60. The maximum Gasteiger partial charge on any atom is 0.288 e. The van der Waals surface area contributed by atoms with Crippen molar-refractivity contribution in [2.24, 2.45) is 0 Å². The van der Waals surface area contributed by atoms with Crippen LogP contribution in [0.5, 0.6) is 0 Å². The number of rotatable bonds is 3. The molecule has 0 aliphatic heterocycles. The van der Waals surface area contributed by atoms with Crippen LogP contribution in [0.15, 0.2) is 46.9 Å². The summed E-state index contributed by atoms with van der Waals surface area (Å²) in [5.74, 6) is 0. The first-order chi connectivity index (χ1) is 10.0. The molecule has 0 N–H and O–H groups in total. The third kappa shape index (κ3) is 3.69. The number of benzene rings is 2. The van der Waals surface area contributed by atoms with E-state index in [0.717, 1.165) is 10.0 Å². The molecule has 0 aliphatic carbocycles. The van der Waals surface area contributed by atoms with Gasteiger partial charge in [-0.25, -0.2) is 0 Å². The smallest absolute Gasteiger partial charge is 0.258 e. The molecule has 0 unspecified atom stereocenters. The van der Waals surface area contributed by atoms with Crippen molar-refractivity contribution in [3.05, 3.63) is 73.2 Å². The Balaban J connectivity index is 2.46. The molecule has 0 spiro atoms. The zero-order valence-corrected chi connectivity index (χ0v) is 12.9. The molecular weight excluding hydrogens is 356 g/mol. The summed E-state index contributed by atoms with van der Waals surface area (Å²) in [7, 11) is 0. The number of hydrogen-bond acceptors (Lipinski definition) is 3. The number of allylic oxidation sites excluding steroid dienone is 1. The predicted molar refractivity (Wildman–Crippen MR) is 85.7 cm³/mol. The first-order valence-electron chi connectivity index (χ1n) is 5.83. The second-order valence-corrected chi connectivity index (χ2v) is 5.47. The molecule has 0 saturated heterocycles. The van der Waals surface area contributed by atoms with Gasteiger partial charge in [-0.2, -0.15) is 5.26 Å². The maximum absolute atomic E-state index is 10.9. The summed E-state index contributed by atoms with van der Waals surface area (Å²) in [5.41, 5.74) is 1.52. The molecular formula is C15H8BrClN2O2.